The molecule has 0 radical (unpaired) electrons. The maximum Gasteiger partial charge on any atom is 1.00 e. The molecule has 0 N–H and O–H groups in total. The van der Waals surface area contributed by atoms with E-state index in [1.165, 1.54) is 22.3 Å². The van der Waals surface area contributed by atoms with Crippen LogP contribution in [0.15, 0.2) is 22.3 Å². The molecule has 0 fully saturated rings. The summed E-state index contributed by atoms with van der Waals surface area (Å²) in [4.78, 5) is 0. The maximum atomic E-state index is 3.91. The van der Waals surface area contributed by atoms with Gasteiger partial charge in [0.05, 0.1) is 0 Å². The van der Waals surface area contributed by atoms with Gasteiger partial charge in [0.15, 0.2) is 0 Å². The van der Waals surface area contributed by atoms with Crippen molar-refractivity contribution in [2.45, 2.75) is 40.5 Å². The smallest absolute Gasteiger partial charge is 0.242 e. The van der Waals surface area contributed by atoms with E-state index in [9.17, 15) is 0 Å². The predicted octanol–water partition coefficient (Wildman–Crippen LogP) is -1.88. The first-order chi connectivity index (χ1) is 5.45. The van der Waals surface area contributed by atoms with Gasteiger partial charge in [0.1, 0.15) is 0 Å². The SMILES string of the molecule is [CH2-]C(C)=C(C)CCC(C)=C([CH2-])C.[Li+].[Li+]. The van der Waals surface area contributed by atoms with Crippen LogP contribution in [0.3, 0.4) is 0 Å². The van der Waals surface area contributed by atoms with Crippen LogP contribution < -0.4 is 37.7 Å². The fourth-order valence-electron chi connectivity index (χ4n) is 0.802. The third kappa shape index (κ3) is 8.99. The van der Waals surface area contributed by atoms with E-state index in [1.807, 2.05) is 0 Å². The Kier molecular flexibility index (Phi) is 14.2. The molecule has 0 aromatic heterocycles. The van der Waals surface area contributed by atoms with Gasteiger partial charge >= 0.3 is 37.7 Å². The molecule has 70 valence electrons. The van der Waals surface area contributed by atoms with Gasteiger partial charge in [-0.05, 0) is 0 Å². The van der Waals surface area contributed by atoms with Crippen molar-refractivity contribution in [1.29, 1.82) is 0 Å². The van der Waals surface area contributed by atoms with Crippen molar-refractivity contribution < 1.29 is 37.7 Å². The number of allylic oxidation sites excluding steroid dienone is 4. The van der Waals surface area contributed by atoms with Crippen molar-refractivity contribution in [3.63, 3.8) is 0 Å². The molecule has 0 rings (SSSR count). The number of hydrogen-bond acceptors (Lipinski definition) is 0. The first-order valence-corrected chi connectivity index (χ1v) is 4.41. The Labute approximate surface area is 114 Å². The van der Waals surface area contributed by atoms with Gasteiger partial charge in [-0.25, -0.2) is 36.1 Å². The molecular formula is C12H20Li2. The summed E-state index contributed by atoms with van der Waals surface area (Å²) < 4.78 is 0. The summed E-state index contributed by atoms with van der Waals surface area (Å²) >= 11 is 0. The van der Waals surface area contributed by atoms with Crippen molar-refractivity contribution in [2.75, 3.05) is 0 Å². The summed E-state index contributed by atoms with van der Waals surface area (Å²) in [6.07, 6.45) is 2.24. The molecule has 2 heteroatoms. The average Bonchev–Trinajstić information content (AvgIpc) is 1.98. The van der Waals surface area contributed by atoms with Crippen molar-refractivity contribution in [1.82, 2.24) is 0 Å². The molecule has 0 saturated heterocycles. The molecule has 0 aliphatic rings. The third-order valence-electron chi connectivity index (χ3n) is 2.33. The normalized spacial score (nSPS) is 13.1. The minimum Gasteiger partial charge on any atom is -0.242 e. The minimum absolute atomic E-state index is 0. The second-order valence-electron chi connectivity index (χ2n) is 3.62. The molecule has 0 aliphatic carbocycles. The Bertz CT molecular complexity index is 180. The van der Waals surface area contributed by atoms with Crippen LogP contribution in [0.25, 0.3) is 0 Å². The molecular weight excluding hydrogens is 158 g/mol. The summed E-state index contributed by atoms with van der Waals surface area (Å²) in [7, 11) is 0. The van der Waals surface area contributed by atoms with Crippen LogP contribution in [-0.2, 0) is 0 Å². The van der Waals surface area contributed by atoms with Gasteiger partial charge in [0.25, 0.3) is 0 Å². The van der Waals surface area contributed by atoms with Crippen LogP contribution >= 0.6 is 0 Å². The molecule has 0 unspecified atom stereocenters. The van der Waals surface area contributed by atoms with Gasteiger partial charge in [-0.3, -0.25) is 0 Å². The molecule has 14 heavy (non-hydrogen) atoms. The van der Waals surface area contributed by atoms with Gasteiger partial charge in [0, 0.05) is 0 Å². The Morgan fingerprint density at radius 2 is 0.929 bits per heavy atom. The monoisotopic (exact) mass is 178 g/mol. The van der Waals surface area contributed by atoms with Crippen molar-refractivity contribution >= 4 is 0 Å². The topological polar surface area (TPSA) is 0 Å². The van der Waals surface area contributed by atoms with E-state index in [1.54, 1.807) is 0 Å². The molecule has 0 heterocycles. The van der Waals surface area contributed by atoms with Crippen LogP contribution in [0, 0.1) is 13.8 Å². The van der Waals surface area contributed by atoms with E-state index in [0.29, 0.717) is 0 Å². The van der Waals surface area contributed by atoms with E-state index in [0.717, 1.165) is 12.8 Å². The van der Waals surface area contributed by atoms with E-state index in [4.69, 9.17) is 0 Å². The Hall–Kier alpha value is 0.415. The van der Waals surface area contributed by atoms with Crippen LogP contribution in [0.4, 0.5) is 0 Å². The molecule has 0 bridgehead atoms. The zero-order valence-electron chi connectivity index (χ0n) is 10.8. The second kappa shape index (κ2) is 9.95. The van der Waals surface area contributed by atoms with E-state index in [2.05, 4.69) is 41.5 Å². The third-order valence-corrected chi connectivity index (χ3v) is 2.33. The van der Waals surface area contributed by atoms with Gasteiger partial charge in [-0.1, -0.05) is 13.8 Å². The zero-order chi connectivity index (χ0) is 9.72. The van der Waals surface area contributed by atoms with E-state index < -0.39 is 0 Å². The molecule has 0 aromatic carbocycles. The maximum absolute atomic E-state index is 3.91. The molecule has 0 saturated carbocycles. The predicted molar refractivity (Wildman–Crippen MR) is 56.7 cm³/mol. The quantitative estimate of drug-likeness (QED) is 0.350. The average molecular weight is 178 g/mol. The van der Waals surface area contributed by atoms with Crippen LogP contribution in [0.5, 0.6) is 0 Å². The molecule has 0 nitrogen and oxygen atoms in total. The second-order valence-corrected chi connectivity index (χ2v) is 3.62. The zero-order valence-corrected chi connectivity index (χ0v) is 10.8. The van der Waals surface area contributed by atoms with Gasteiger partial charge < -0.3 is 0 Å². The first kappa shape index (κ1) is 19.9. The van der Waals surface area contributed by atoms with Crippen molar-refractivity contribution in [3.8, 4) is 0 Å². The van der Waals surface area contributed by atoms with Crippen molar-refractivity contribution in [2.24, 2.45) is 0 Å². The van der Waals surface area contributed by atoms with Crippen LogP contribution in [0.2, 0.25) is 0 Å². The summed E-state index contributed by atoms with van der Waals surface area (Å²) in [5.41, 5.74) is 5.19. The van der Waals surface area contributed by atoms with E-state index >= 15 is 0 Å². The van der Waals surface area contributed by atoms with Gasteiger partial charge in [0.2, 0.25) is 0 Å². The molecule has 0 aromatic rings. The molecule has 0 amide bonds. The standard InChI is InChI=1S/C12H20.2Li/c1-9(2)11(5)7-8-12(6)10(3)4;;/h1,3,7-8H2,2,4-6H3;;/q-2;2*+1. The number of rotatable bonds is 3. The van der Waals surface area contributed by atoms with Gasteiger partial charge in [-0.2, -0.15) is 0 Å². The summed E-state index contributed by atoms with van der Waals surface area (Å²) in [6.45, 7) is 16.2. The summed E-state index contributed by atoms with van der Waals surface area (Å²) in [5, 5.41) is 0. The minimum atomic E-state index is 0. The Balaban J connectivity index is -0.000000605. The van der Waals surface area contributed by atoms with Crippen LogP contribution in [-0.4, -0.2) is 0 Å². The van der Waals surface area contributed by atoms with Crippen molar-refractivity contribution in [3.05, 3.63) is 36.1 Å². The Morgan fingerprint density at radius 3 is 1.07 bits per heavy atom. The fourth-order valence-corrected chi connectivity index (χ4v) is 0.802. The number of hydrogen-bond donors (Lipinski definition) is 0. The molecule has 0 spiro atoms. The fraction of sp³-hybridized carbons (Fsp3) is 0.500. The summed E-state index contributed by atoms with van der Waals surface area (Å²) in [5.74, 6) is 0. The first-order valence-electron chi connectivity index (χ1n) is 4.41. The van der Waals surface area contributed by atoms with Gasteiger partial charge in [-0.15, -0.1) is 26.7 Å². The largest absolute Gasteiger partial charge is 1.00 e. The summed E-state index contributed by atoms with van der Waals surface area (Å²) in [6, 6.07) is 0. The molecule has 0 aliphatic heterocycles. The Morgan fingerprint density at radius 1 is 0.714 bits per heavy atom. The van der Waals surface area contributed by atoms with E-state index in [-0.39, 0.29) is 37.7 Å². The van der Waals surface area contributed by atoms with Crippen LogP contribution in [0.1, 0.15) is 40.5 Å². The molecule has 0 atom stereocenters.